The largest absolute Gasteiger partial charge is 0.495 e. The Hall–Kier alpha value is -0.940. The van der Waals surface area contributed by atoms with Gasteiger partial charge in [-0.15, -0.1) is 0 Å². The minimum Gasteiger partial charge on any atom is -0.495 e. The van der Waals surface area contributed by atoms with E-state index in [4.69, 9.17) is 13.9 Å². The van der Waals surface area contributed by atoms with Crippen molar-refractivity contribution in [2.45, 2.75) is 4.83 Å². The summed E-state index contributed by atoms with van der Waals surface area (Å²) < 4.78 is 16.9. The van der Waals surface area contributed by atoms with Gasteiger partial charge in [-0.2, -0.15) is 0 Å². The van der Waals surface area contributed by atoms with E-state index in [-0.39, 0.29) is 4.83 Å². The van der Waals surface area contributed by atoms with Gasteiger partial charge in [0, 0.05) is 5.56 Å². The molecule has 1 aromatic carbocycles. The quantitative estimate of drug-likeness (QED) is 0.735. The molecule has 0 N–H and O–H groups in total. The van der Waals surface area contributed by atoms with E-state index >= 15 is 0 Å². The van der Waals surface area contributed by atoms with Gasteiger partial charge in [-0.1, -0.05) is 15.9 Å². The van der Waals surface area contributed by atoms with E-state index in [0.29, 0.717) is 0 Å². The molecule has 0 aliphatic rings. The third-order valence-corrected chi connectivity index (χ3v) is 4.28. The molecule has 0 saturated heterocycles. The van der Waals surface area contributed by atoms with E-state index in [0.717, 1.165) is 27.3 Å². The highest BCUT2D eigenvalue weighted by atomic mass is 79.9. The number of halogens is 2. The zero-order valence-corrected chi connectivity index (χ0v) is 13.1. The molecular weight excluding hydrogens is 364 g/mol. The fourth-order valence-corrected chi connectivity index (χ4v) is 3.01. The minimum atomic E-state index is -0.0651. The average molecular weight is 376 g/mol. The van der Waals surface area contributed by atoms with Gasteiger partial charge in [-0.3, -0.25) is 0 Å². The van der Waals surface area contributed by atoms with Crippen molar-refractivity contribution in [3.63, 3.8) is 0 Å². The van der Waals surface area contributed by atoms with E-state index in [2.05, 4.69) is 31.9 Å². The van der Waals surface area contributed by atoms with E-state index in [1.54, 1.807) is 20.5 Å². The van der Waals surface area contributed by atoms with Crippen LogP contribution >= 0.6 is 31.9 Å². The van der Waals surface area contributed by atoms with Crippen LogP contribution in [0.3, 0.4) is 0 Å². The smallest absolute Gasteiger partial charge is 0.141 e. The highest BCUT2D eigenvalue weighted by Gasteiger charge is 2.21. The Labute approximate surface area is 122 Å². The van der Waals surface area contributed by atoms with E-state index < -0.39 is 0 Å². The van der Waals surface area contributed by atoms with Gasteiger partial charge in [0.2, 0.25) is 0 Å². The maximum Gasteiger partial charge on any atom is 0.141 e. The lowest BCUT2D eigenvalue weighted by Crippen LogP contribution is -1.98. The van der Waals surface area contributed by atoms with Gasteiger partial charge in [0.1, 0.15) is 26.6 Å². The van der Waals surface area contributed by atoms with E-state index in [1.165, 1.54) is 0 Å². The normalized spacial score (nSPS) is 12.2. The SMILES string of the molecule is COc1ccc(C(Br)c2ccco2)c(OC)c1Br. The standard InChI is InChI=1S/C13H12Br2O3/c1-16-9-6-5-8(13(17-2)12(9)15)11(14)10-4-3-7-18-10/h3-7,11H,1-2H3. The van der Waals surface area contributed by atoms with Crippen LogP contribution in [0.1, 0.15) is 16.2 Å². The molecule has 18 heavy (non-hydrogen) atoms. The summed E-state index contributed by atoms with van der Waals surface area (Å²) in [6, 6.07) is 7.61. The summed E-state index contributed by atoms with van der Waals surface area (Å²) in [6.07, 6.45) is 1.65. The van der Waals surface area contributed by atoms with Crippen molar-refractivity contribution in [3.8, 4) is 11.5 Å². The van der Waals surface area contributed by atoms with E-state index in [9.17, 15) is 0 Å². The Kier molecular flexibility index (Phi) is 4.35. The highest BCUT2D eigenvalue weighted by molar-refractivity contribution is 9.10. The number of furan rings is 1. The van der Waals surface area contributed by atoms with Crippen LogP contribution in [0.4, 0.5) is 0 Å². The van der Waals surface area contributed by atoms with Crippen LogP contribution in [0.15, 0.2) is 39.4 Å². The second-order valence-corrected chi connectivity index (χ2v) is 5.29. The Morgan fingerprint density at radius 2 is 1.94 bits per heavy atom. The Balaban J connectivity index is 2.48. The number of methoxy groups -OCH3 is 2. The monoisotopic (exact) mass is 374 g/mol. The third-order valence-electron chi connectivity index (χ3n) is 2.58. The summed E-state index contributed by atoms with van der Waals surface area (Å²) in [5.74, 6) is 2.28. The van der Waals surface area contributed by atoms with E-state index in [1.807, 2.05) is 24.3 Å². The number of hydrogen-bond donors (Lipinski definition) is 0. The van der Waals surface area contributed by atoms with Crippen molar-refractivity contribution in [1.29, 1.82) is 0 Å². The predicted molar refractivity (Wildman–Crippen MR) is 76.7 cm³/mol. The van der Waals surface area contributed by atoms with Gasteiger partial charge in [0.05, 0.1) is 20.5 Å². The molecule has 2 aromatic rings. The number of hydrogen-bond acceptors (Lipinski definition) is 3. The lowest BCUT2D eigenvalue weighted by Gasteiger charge is -2.16. The summed E-state index contributed by atoms with van der Waals surface area (Å²) in [5.41, 5.74) is 0.972. The Morgan fingerprint density at radius 1 is 1.17 bits per heavy atom. The van der Waals surface area contributed by atoms with Crippen LogP contribution in [0, 0.1) is 0 Å². The van der Waals surface area contributed by atoms with Crippen molar-refractivity contribution in [2.75, 3.05) is 14.2 Å². The summed E-state index contributed by atoms with van der Waals surface area (Å²) >= 11 is 7.09. The second kappa shape index (κ2) is 5.80. The summed E-state index contributed by atoms with van der Waals surface area (Å²) in [7, 11) is 3.25. The Bertz CT molecular complexity index is 523. The molecule has 0 aliphatic heterocycles. The van der Waals surface area contributed by atoms with Crippen LogP contribution in [-0.2, 0) is 0 Å². The zero-order valence-electron chi connectivity index (χ0n) is 9.94. The van der Waals surface area contributed by atoms with Crippen LogP contribution in [-0.4, -0.2) is 14.2 Å². The highest BCUT2D eigenvalue weighted by Crippen LogP contribution is 2.44. The fourth-order valence-electron chi connectivity index (χ4n) is 1.71. The first kappa shape index (κ1) is 13.5. The lowest BCUT2D eigenvalue weighted by molar-refractivity contribution is 0.385. The van der Waals surface area contributed by atoms with Gasteiger partial charge < -0.3 is 13.9 Å². The van der Waals surface area contributed by atoms with Crippen LogP contribution in [0.5, 0.6) is 11.5 Å². The molecule has 1 atom stereocenters. The topological polar surface area (TPSA) is 31.6 Å². The molecule has 0 radical (unpaired) electrons. The van der Waals surface area contributed by atoms with Crippen molar-refractivity contribution >= 4 is 31.9 Å². The number of benzene rings is 1. The van der Waals surface area contributed by atoms with Gasteiger partial charge >= 0.3 is 0 Å². The van der Waals surface area contributed by atoms with Crippen molar-refractivity contribution in [2.24, 2.45) is 0 Å². The summed E-state index contributed by atoms with van der Waals surface area (Å²) in [5, 5.41) is 0. The summed E-state index contributed by atoms with van der Waals surface area (Å²) in [4.78, 5) is -0.0651. The molecule has 0 saturated carbocycles. The second-order valence-electron chi connectivity index (χ2n) is 3.58. The minimum absolute atomic E-state index is 0.0651. The van der Waals surface area contributed by atoms with Crippen molar-refractivity contribution in [3.05, 3.63) is 46.3 Å². The van der Waals surface area contributed by atoms with Gasteiger partial charge in [-0.05, 0) is 40.2 Å². The van der Waals surface area contributed by atoms with Gasteiger partial charge in [-0.25, -0.2) is 0 Å². The average Bonchev–Trinajstić information content (AvgIpc) is 2.91. The fraction of sp³-hybridized carbons (Fsp3) is 0.231. The Morgan fingerprint density at radius 3 is 2.50 bits per heavy atom. The predicted octanol–water partition coefficient (Wildman–Crippen LogP) is 4.54. The third kappa shape index (κ3) is 2.42. The number of rotatable bonds is 4. The van der Waals surface area contributed by atoms with Crippen molar-refractivity contribution in [1.82, 2.24) is 0 Å². The molecule has 1 unspecified atom stereocenters. The zero-order chi connectivity index (χ0) is 13.1. The first-order valence-electron chi connectivity index (χ1n) is 5.27. The van der Waals surface area contributed by atoms with Gasteiger partial charge in [0.15, 0.2) is 0 Å². The number of alkyl halides is 1. The molecule has 2 rings (SSSR count). The van der Waals surface area contributed by atoms with Crippen LogP contribution in [0.25, 0.3) is 0 Å². The lowest BCUT2D eigenvalue weighted by atomic mass is 10.1. The first-order chi connectivity index (χ1) is 8.69. The summed E-state index contributed by atoms with van der Waals surface area (Å²) in [6.45, 7) is 0. The molecule has 1 aromatic heterocycles. The van der Waals surface area contributed by atoms with Crippen molar-refractivity contribution < 1.29 is 13.9 Å². The molecule has 5 heteroatoms. The number of ether oxygens (including phenoxy) is 2. The maximum atomic E-state index is 5.44. The molecule has 0 aliphatic carbocycles. The van der Waals surface area contributed by atoms with Crippen LogP contribution in [0.2, 0.25) is 0 Å². The first-order valence-corrected chi connectivity index (χ1v) is 6.97. The molecule has 0 amide bonds. The molecule has 96 valence electrons. The maximum absolute atomic E-state index is 5.44. The molecule has 0 fully saturated rings. The molecule has 3 nitrogen and oxygen atoms in total. The molecule has 1 heterocycles. The van der Waals surface area contributed by atoms with Gasteiger partial charge in [0.25, 0.3) is 0 Å². The molecule has 0 spiro atoms. The molecule has 0 bridgehead atoms. The van der Waals surface area contributed by atoms with Crippen LogP contribution < -0.4 is 9.47 Å². The molecular formula is C13H12Br2O3.